The number of β-lactam (4-membered cyclic amide) rings is 1. The van der Waals surface area contributed by atoms with Crippen molar-refractivity contribution in [2.24, 2.45) is 22.2 Å². The Balaban J connectivity index is 1.66. The highest BCUT2D eigenvalue weighted by atomic mass is 16.2. The van der Waals surface area contributed by atoms with Gasteiger partial charge in [0.2, 0.25) is 11.8 Å². The number of nitrogens with one attached hydrogen (secondary N) is 3. The molecule has 2 aromatic rings. The van der Waals surface area contributed by atoms with Gasteiger partial charge in [0.05, 0.1) is 6.54 Å². The summed E-state index contributed by atoms with van der Waals surface area (Å²) in [4.78, 5) is 57.6. The lowest BCUT2D eigenvalue weighted by Crippen LogP contribution is -2.66. The highest BCUT2D eigenvalue weighted by molar-refractivity contribution is 6.06. The quantitative estimate of drug-likeness (QED) is 0.0775. The molecule has 0 bridgehead atoms. The van der Waals surface area contributed by atoms with Crippen LogP contribution in [0, 0.1) is 0 Å². The van der Waals surface area contributed by atoms with Gasteiger partial charge in [-0.05, 0) is 62.9 Å². The molecule has 0 radical (unpaired) electrons. The second-order valence-electron chi connectivity index (χ2n) is 9.53. The Bertz CT molecular complexity index is 1170. The van der Waals surface area contributed by atoms with Gasteiger partial charge in [0.15, 0.2) is 5.96 Å². The molecule has 0 unspecified atom stereocenters. The maximum atomic E-state index is 13.4. The normalized spacial score (nSPS) is 15.8. The first kappa shape index (κ1) is 30.1. The van der Waals surface area contributed by atoms with Gasteiger partial charge in [-0.3, -0.25) is 24.2 Å². The topological polar surface area (TPSA) is 198 Å². The Morgan fingerprint density at radius 1 is 0.875 bits per heavy atom. The number of nitrogens with two attached hydrogens (primary N) is 3. The van der Waals surface area contributed by atoms with Crippen molar-refractivity contribution in [3.63, 3.8) is 0 Å². The van der Waals surface area contributed by atoms with Gasteiger partial charge in [-0.1, -0.05) is 36.4 Å². The lowest BCUT2D eigenvalue weighted by atomic mass is 10.0. The van der Waals surface area contributed by atoms with E-state index in [4.69, 9.17) is 17.2 Å². The summed E-state index contributed by atoms with van der Waals surface area (Å²) < 4.78 is 0. The smallest absolute Gasteiger partial charge is 0.251 e. The monoisotopic (exact) mass is 550 g/mol. The van der Waals surface area contributed by atoms with E-state index in [2.05, 4.69) is 20.9 Å². The number of unbranched alkanes of at least 4 members (excludes halogenated alkanes) is 1. The Morgan fingerprint density at radius 2 is 1.50 bits per heavy atom. The summed E-state index contributed by atoms with van der Waals surface area (Å²) in [6.45, 7) is 1.05. The number of rotatable bonds is 15. The number of amides is 4. The molecule has 1 fully saturated rings. The lowest BCUT2D eigenvalue weighted by molar-refractivity contribution is -0.133. The van der Waals surface area contributed by atoms with Crippen LogP contribution in [0.4, 0.5) is 5.69 Å². The van der Waals surface area contributed by atoms with Crippen LogP contribution < -0.4 is 38.1 Å². The molecule has 3 rings (SSSR count). The molecule has 3 atom stereocenters. The number of aliphatic imine (C=N–C) groups is 1. The van der Waals surface area contributed by atoms with Crippen molar-refractivity contribution in [1.29, 1.82) is 0 Å². The molecule has 2 aromatic carbocycles. The molecular formula is C28H38N8O4. The van der Waals surface area contributed by atoms with Crippen molar-refractivity contribution < 1.29 is 19.2 Å². The van der Waals surface area contributed by atoms with Gasteiger partial charge >= 0.3 is 0 Å². The number of benzene rings is 2. The zero-order chi connectivity index (χ0) is 28.9. The van der Waals surface area contributed by atoms with Crippen LogP contribution in [0.1, 0.15) is 42.5 Å². The molecule has 1 aliphatic heterocycles. The second kappa shape index (κ2) is 15.2. The third-order valence-corrected chi connectivity index (χ3v) is 6.50. The Morgan fingerprint density at radius 3 is 2.12 bits per heavy atom. The third-order valence-electron chi connectivity index (χ3n) is 6.50. The molecular weight excluding hydrogens is 512 g/mol. The van der Waals surface area contributed by atoms with E-state index in [0.717, 1.165) is 5.69 Å². The first-order valence-electron chi connectivity index (χ1n) is 13.4. The fraction of sp³-hybridized carbons (Fsp3) is 0.393. The predicted octanol–water partition coefficient (Wildman–Crippen LogP) is -0.0160. The van der Waals surface area contributed by atoms with E-state index in [-0.39, 0.29) is 24.8 Å². The minimum absolute atomic E-state index is 0.0673. The predicted molar refractivity (Wildman–Crippen MR) is 153 cm³/mol. The third kappa shape index (κ3) is 8.80. The second-order valence-corrected chi connectivity index (χ2v) is 9.53. The number of anilines is 1. The number of hydrogen-bond acceptors (Lipinski definition) is 6. The van der Waals surface area contributed by atoms with Crippen molar-refractivity contribution in [3.8, 4) is 0 Å². The fourth-order valence-electron chi connectivity index (χ4n) is 4.28. The van der Waals surface area contributed by atoms with Crippen molar-refractivity contribution in [3.05, 3.63) is 66.2 Å². The minimum Gasteiger partial charge on any atom is -0.370 e. The van der Waals surface area contributed by atoms with E-state index in [1.54, 1.807) is 35.2 Å². The summed E-state index contributed by atoms with van der Waals surface area (Å²) in [5.41, 5.74) is 17.6. The van der Waals surface area contributed by atoms with Gasteiger partial charge in [0.25, 0.3) is 11.8 Å². The number of carbonyl (C=O) groups is 4. The molecule has 12 nitrogen and oxygen atoms in total. The first-order chi connectivity index (χ1) is 19.3. The van der Waals surface area contributed by atoms with Crippen LogP contribution in [0.2, 0.25) is 0 Å². The number of carbonyl (C=O) groups excluding carboxylic acids is 4. The Kier molecular flexibility index (Phi) is 11.5. The highest BCUT2D eigenvalue weighted by Crippen LogP contribution is 2.21. The van der Waals surface area contributed by atoms with Gasteiger partial charge < -0.3 is 38.1 Å². The SMILES string of the molecule is NCCCC[C@H](NC(=O)[C@H](CCCN=C(N)N)NC(=O)c1ccccc1)C(=O)N[C@H]1CN(c2ccccc2)C1=O. The van der Waals surface area contributed by atoms with Crippen LogP contribution in [0.15, 0.2) is 65.7 Å². The highest BCUT2D eigenvalue weighted by Gasteiger charge is 2.40. The molecule has 40 heavy (non-hydrogen) atoms. The minimum atomic E-state index is -0.939. The summed E-state index contributed by atoms with van der Waals surface area (Å²) >= 11 is 0. The molecule has 1 aliphatic rings. The number of nitrogens with zero attached hydrogens (tertiary/aromatic N) is 2. The standard InChI is InChI=1S/C28H38N8O4/c29-16-8-7-14-21(26(39)35-23-18-36(27(23)40)20-12-5-2-6-13-20)34-25(38)22(15-9-17-32-28(30)31)33-24(37)19-10-3-1-4-11-19/h1-6,10-13,21-23H,7-9,14-18,29H2,(H,33,37)(H,34,38)(H,35,39)(H4,30,31,32)/t21-,22-,23-/m0/s1. The Hall–Kier alpha value is -4.45. The molecule has 9 N–H and O–H groups in total. The van der Waals surface area contributed by atoms with E-state index in [9.17, 15) is 19.2 Å². The molecule has 1 heterocycles. The van der Waals surface area contributed by atoms with Crippen molar-refractivity contribution in [2.45, 2.75) is 50.2 Å². The van der Waals surface area contributed by atoms with E-state index < -0.39 is 35.8 Å². The molecule has 214 valence electrons. The van der Waals surface area contributed by atoms with Gasteiger partial charge in [0.1, 0.15) is 18.1 Å². The molecule has 12 heteroatoms. The van der Waals surface area contributed by atoms with Crippen molar-refractivity contribution in [2.75, 3.05) is 24.5 Å². The van der Waals surface area contributed by atoms with E-state index in [1.165, 1.54) is 0 Å². The van der Waals surface area contributed by atoms with Crippen LogP contribution in [0.25, 0.3) is 0 Å². The summed E-state index contributed by atoms with van der Waals surface area (Å²) in [5, 5.41) is 8.29. The van der Waals surface area contributed by atoms with Crippen LogP contribution in [-0.4, -0.2) is 67.3 Å². The summed E-state index contributed by atoms with van der Waals surface area (Å²) in [6, 6.07) is 15.2. The molecule has 1 saturated heterocycles. The molecule has 0 aliphatic carbocycles. The molecule has 0 spiro atoms. The van der Waals surface area contributed by atoms with Gasteiger partial charge in [-0.25, -0.2) is 0 Å². The summed E-state index contributed by atoms with van der Waals surface area (Å²) in [6.07, 6.45) is 2.24. The molecule has 0 saturated carbocycles. The van der Waals surface area contributed by atoms with E-state index in [1.807, 2.05) is 30.3 Å². The molecule has 4 amide bonds. The number of hydrogen-bond donors (Lipinski definition) is 6. The maximum absolute atomic E-state index is 13.4. The largest absolute Gasteiger partial charge is 0.370 e. The fourth-order valence-corrected chi connectivity index (χ4v) is 4.28. The Labute approximate surface area is 233 Å². The van der Waals surface area contributed by atoms with Crippen molar-refractivity contribution >= 4 is 35.3 Å². The van der Waals surface area contributed by atoms with Crippen LogP contribution >= 0.6 is 0 Å². The van der Waals surface area contributed by atoms with E-state index >= 15 is 0 Å². The lowest BCUT2D eigenvalue weighted by Gasteiger charge is -2.39. The maximum Gasteiger partial charge on any atom is 0.251 e. The number of para-hydroxylation sites is 1. The zero-order valence-electron chi connectivity index (χ0n) is 22.4. The van der Waals surface area contributed by atoms with Gasteiger partial charge in [-0.15, -0.1) is 0 Å². The first-order valence-corrected chi connectivity index (χ1v) is 13.4. The number of guanidine groups is 1. The van der Waals surface area contributed by atoms with Crippen LogP contribution in [-0.2, 0) is 14.4 Å². The average Bonchev–Trinajstić information content (AvgIpc) is 2.96. The summed E-state index contributed by atoms with van der Waals surface area (Å²) in [5.74, 6) is -1.70. The molecule has 0 aromatic heterocycles. The zero-order valence-corrected chi connectivity index (χ0v) is 22.4. The van der Waals surface area contributed by atoms with E-state index in [0.29, 0.717) is 44.3 Å². The van der Waals surface area contributed by atoms with Gasteiger partial charge in [-0.2, -0.15) is 0 Å². The summed E-state index contributed by atoms with van der Waals surface area (Å²) in [7, 11) is 0. The van der Waals surface area contributed by atoms with Crippen molar-refractivity contribution in [1.82, 2.24) is 16.0 Å². The average molecular weight is 551 g/mol. The van der Waals surface area contributed by atoms with Crippen LogP contribution in [0.5, 0.6) is 0 Å². The van der Waals surface area contributed by atoms with Crippen LogP contribution in [0.3, 0.4) is 0 Å². The van der Waals surface area contributed by atoms with Gasteiger partial charge in [0, 0.05) is 17.8 Å².